The Balaban J connectivity index is 1.30. The molecule has 2 aromatic heterocycles. The van der Waals surface area contributed by atoms with Crippen LogP contribution >= 0.6 is 0 Å². The highest BCUT2D eigenvalue weighted by atomic mass is 16.5. The van der Waals surface area contributed by atoms with Crippen LogP contribution in [0.2, 0.25) is 0 Å². The predicted molar refractivity (Wildman–Crippen MR) is 118 cm³/mol. The van der Waals surface area contributed by atoms with Gasteiger partial charge in [0.25, 0.3) is 5.91 Å². The molecule has 0 bridgehead atoms. The Morgan fingerprint density at radius 2 is 1.81 bits per heavy atom. The lowest BCUT2D eigenvalue weighted by Crippen LogP contribution is -2.36. The summed E-state index contributed by atoms with van der Waals surface area (Å²) in [5.41, 5.74) is 6.25. The first-order chi connectivity index (χ1) is 15.3. The Hall–Kier alpha value is -3.58. The van der Waals surface area contributed by atoms with E-state index in [0.717, 1.165) is 66.4 Å². The average molecular weight is 413 g/mol. The zero-order valence-corrected chi connectivity index (χ0v) is 17.1. The number of allylic oxidation sites excluding steroid dienone is 1. The number of ether oxygens (including phenoxy) is 1. The van der Waals surface area contributed by atoms with Crippen molar-refractivity contribution >= 4 is 17.2 Å². The van der Waals surface area contributed by atoms with Gasteiger partial charge >= 0.3 is 0 Å². The van der Waals surface area contributed by atoms with Crippen LogP contribution < -0.4 is 10.2 Å². The molecular weight excluding hydrogens is 390 g/mol. The largest absolute Gasteiger partial charge is 0.378 e. The Kier molecular flexibility index (Phi) is 5.41. The topological polar surface area (TPSA) is 80.2 Å². The second kappa shape index (κ2) is 8.65. The number of nitrogens with one attached hydrogen (secondary N) is 1. The summed E-state index contributed by atoms with van der Waals surface area (Å²) in [6.45, 7) is 3.66. The number of benzene rings is 1. The number of carbonyl (C=O) groups is 1. The molecule has 1 aromatic carbocycles. The smallest absolute Gasteiger partial charge is 0.289 e. The minimum Gasteiger partial charge on any atom is -0.378 e. The molecule has 31 heavy (non-hydrogen) atoms. The molecule has 5 rings (SSSR count). The van der Waals surface area contributed by atoms with Gasteiger partial charge in [0.2, 0.25) is 5.82 Å². The molecule has 1 amide bonds. The highest BCUT2D eigenvalue weighted by Crippen LogP contribution is 2.33. The Bertz CT molecular complexity index is 1110. The van der Waals surface area contributed by atoms with Gasteiger partial charge in [0.05, 0.1) is 30.8 Å². The lowest BCUT2D eigenvalue weighted by Gasteiger charge is -2.29. The predicted octanol–water partition coefficient (Wildman–Crippen LogP) is 2.63. The van der Waals surface area contributed by atoms with E-state index in [0.29, 0.717) is 6.54 Å². The maximum Gasteiger partial charge on any atom is 0.289 e. The SMILES string of the molecule is O=C(NCc1ccccc1)c1ncc(C2=CCc3ncc(N4CCOCC4)cc32)cn1. The second-order valence-corrected chi connectivity index (χ2v) is 7.57. The lowest BCUT2D eigenvalue weighted by atomic mass is 10.0. The Morgan fingerprint density at radius 3 is 2.58 bits per heavy atom. The van der Waals surface area contributed by atoms with Crippen molar-refractivity contribution in [1.82, 2.24) is 20.3 Å². The normalized spacial score (nSPS) is 15.4. The summed E-state index contributed by atoms with van der Waals surface area (Å²) in [7, 11) is 0. The molecule has 3 heterocycles. The molecular formula is C24H23N5O2. The molecule has 0 spiro atoms. The molecule has 1 N–H and O–H groups in total. The average Bonchev–Trinajstić information content (AvgIpc) is 3.27. The summed E-state index contributed by atoms with van der Waals surface area (Å²) in [6.07, 6.45) is 8.30. The molecule has 156 valence electrons. The van der Waals surface area contributed by atoms with Gasteiger partial charge in [-0.3, -0.25) is 9.78 Å². The highest BCUT2D eigenvalue weighted by Gasteiger charge is 2.21. The number of amides is 1. The van der Waals surface area contributed by atoms with Crippen molar-refractivity contribution in [1.29, 1.82) is 0 Å². The molecule has 7 heteroatoms. The van der Waals surface area contributed by atoms with Crippen LogP contribution in [0.3, 0.4) is 0 Å². The highest BCUT2D eigenvalue weighted by molar-refractivity contribution is 5.91. The van der Waals surface area contributed by atoms with E-state index in [1.54, 1.807) is 12.4 Å². The Morgan fingerprint density at radius 1 is 1.03 bits per heavy atom. The van der Waals surface area contributed by atoms with Crippen molar-refractivity contribution in [3.05, 3.63) is 89.3 Å². The van der Waals surface area contributed by atoms with Gasteiger partial charge in [-0.2, -0.15) is 0 Å². The number of anilines is 1. The molecule has 2 aliphatic rings. The summed E-state index contributed by atoms with van der Waals surface area (Å²) in [5, 5.41) is 2.86. The van der Waals surface area contributed by atoms with E-state index in [-0.39, 0.29) is 11.7 Å². The fourth-order valence-electron chi connectivity index (χ4n) is 3.90. The van der Waals surface area contributed by atoms with Gasteiger partial charge in [-0.1, -0.05) is 36.4 Å². The number of aromatic nitrogens is 3. The molecule has 0 saturated carbocycles. The van der Waals surface area contributed by atoms with E-state index in [1.165, 1.54) is 0 Å². The number of nitrogens with zero attached hydrogens (tertiary/aromatic N) is 4. The lowest BCUT2D eigenvalue weighted by molar-refractivity contribution is 0.0940. The molecule has 0 unspecified atom stereocenters. The molecule has 1 aliphatic carbocycles. The molecule has 1 saturated heterocycles. The summed E-state index contributed by atoms with van der Waals surface area (Å²) in [5.74, 6) is -0.119. The number of carbonyl (C=O) groups excluding carboxylic acids is 1. The van der Waals surface area contributed by atoms with Crippen molar-refractivity contribution in [2.24, 2.45) is 0 Å². The van der Waals surface area contributed by atoms with E-state index < -0.39 is 0 Å². The quantitative estimate of drug-likeness (QED) is 0.693. The van der Waals surface area contributed by atoms with Crippen LogP contribution in [0.5, 0.6) is 0 Å². The van der Waals surface area contributed by atoms with E-state index in [4.69, 9.17) is 4.74 Å². The molecule has 0 radical (unpaired) electrons. The standard InChI is InChI=1S/C24H23N5O2/c30-24(28-13-17-4-2-1-3-5-17)23-26-14-18(15-27-23)20-6-7-22-21(20)12-19(16-25-22)29-8-10-31-11-9-29/h1-6,12,14-16H,7-11,13H2,(H,28,30). The maximum atomic E-state index is 12.4. The summed E-state index contributed by atoms with van der Waals surface area (Å²) < 4.78 is 5.45. The van der Waals surface area contributed by atoms with Crippen LogP contribution in [0, 0.1) is 0 Å². The third kappa shape index (κ3) is 4.18. The summed E-state index contributed by atoms with van der Waals surface area (Å²) in [6, 6.07) is 12.0. The van der Waals surface area contributed by atoms with E-state index in [1.807, 2.05) is 36.5 Å². The number of hydrogen-bond donors (Lipinski definition) is 1. The van der Waals surface area contributed by atoms with Crippen LogP contribution in [0.1, 0.15) is 33.0 Å². The summed E-state index contributed by atoms with van der Waals surface area (Å²) >= 11 is 0. The van der Waals surface area contributed by atoms with Crippen LogP contribution in [0.25, 0.3) is 5.57 Å². The van der Waals surface area contributed by atoms with Gasteiger partial charge in [0.15, 0.2) is 0 Å². The number of hydrogen-bond acceptors (Lipinski definition) is 6. The van der Waals surface area contributed by atoms with Gasteiger partial charge in [0, 0.05) is 49.6 Å². The van der Waals surface area contributed by atoms with Gasteiger partial charge in [-0.05, 0) is 17.2 Å². The third-order valence-corrected chi connectivity index (χ3v) is 5.58. The molecule has 1 aliphatic heterocycles. The summed E-state index contributed by atoms with van der Waals surface area (Å²) in [4.78, 5) is 28.0. The van der Waals surface area contributed by atoms with Crippen molar-refractivity contribution in [3.8, 4) is 0 Å². The molecule has 3 aromatic rings. The third-order valence-electron chi connectivity index (χ3n) is 5.58. The van der Waals surface area contributed by atoms with Crippen molar-refractivity contribution in [2.45, 2.75) is 13.0 Å². The zero-order chi connectivity index (χ0) is 21.0. The van der Waals surface area contributed by atoms with Crippen molar-refractivity contribution in [2.75, 3.05) is 31.2 Å². The Labute approximate surface area is 180 Å². The molecule has 1 fully saturated rings. The van der Waals surface area contributed by atoms with Crippen molar-refractivity contribution in [3.63, 3.8) is 0 Å². The van der Waals surface area contributed by atoms with Crippen LogP contribution in [-0.2, 0) is 17.7 Å². The number of fused-ring (bicyclic) bond motifs is 1. The second-order valence-electron chi connectivity index (χ2n) is 7.57. The van der Waals surface area contributed by atoms with Crippen LogP contribution in [0.4, 0.5) is 5.69 Å². The number of pyridine rings is 1. The molecule has 0 atom stereocenters. The van der Waals surface area contributed by atoms with E-state index in [9.17, 15) is 4.79 Å². The first-order valence-corrected chi connectivity index (χ1v) is 10.4. The maximum absolute atomic E-state index is 12.4. The number of rotatable bonds is 5. The fraction of sp³-hybridized carbons (Fsp3) is 0.250. The van der Waals surface area contributed by atoms with Crippen molar-refractivity contribution < 1.29 is 9.53 Å². The van der Waals surface area contributed by atoms with Gasteiger partial charge in [0.1, 0.15) is 0 Å². The fourth-order valence-corrected chi connectivity index (χ4v) is 3.90. The van der Waals surface area contributed by atoms with E-state index >= 15 is 0 Å². The monoisotopic (exact) mass is 413 g/mol. The first kappa shape index (κ1) is 19.4. The number of morpholine rings is 1. The van der Waals surface area contributed by atoms with Crippen LogP contribution in [-0.4, -0.2) is 47.2 Å². The van der Waals surface area contributed by atoms with E-state index in [2.05, 4.69) is 37.3 Å². The van der Waals surface area contributed by atoms with Gasteiger partial charge in [-0.25, -0.2) is 9.97 Å². The minimum atomic E-state index is -0.285. The molecule has 7 nitrogen and oxygen atoms in total. The minimum absolute atomic E-state index is 0.165. The van der Waals surface area contributed by atoms with Gasteiger partial charge in [-0.15, -0.1) is 0 Å². The first-order valence-electron chi connectivity index (χ1n) is 10.4. The van der Waals surface area contributed by atoms with Crippen LogP contribution in [0.15, 0.2) is 61.1 Å². The zero-order valence-electron chi connectivity index (χ0n) is 17.1. The van der Waals surface area contributed by atoms with Gasteiger partial charge < -0.3 is 15.0 Å².